The van der Waals surface area contributed by atoms with Crippen molar-refractivity contribution >= 4 is 18.0 Å². The molecule has 4 atom stereocenters. The van der Waals surface area contributed by atoms with Crippen LogP contribution in [0.5, 0.6) is 0 Å². The molecule has 1 saturated carbocycles. The number of aliphatic carboxylic acids is 1. The standard InChI is InChI=1S/C22H28N2O5/c1-14(2)13-16-8-4-6-10-18(16)21(25)23-12-11-15-7-3-5-9-17(15)19(23)20(22(26)27)24(28)29/h3,5,7,9,11-12,14,16,18-20H,4,6,8,10,13H2,1-2H3,(H,26,27)/t16?,18?,19-,20?/m1/s1. The van der Waals surface area contributed by atoms with Gasteiger partial charge in [0.15, 0.2) is 0 Å². The van der Waals surface area contributed by atoms with Gasteiger partial charge < -0.3 is 10.0 Å². The van der Waals surface area contributed by atoms with Crippen LogP contribution in [0.4, 0.5) is 0 Å². The fourth-order valence-electron chi connectivity index (χ4n) is 4.82. The van der Waals surface area contributed by atoms with E-state index in [9.17, 15) is 24.8 Å². The Labute approximate surface area is 170 Å². The van der Waals surface area contributed by atoms with E-state index in [0.29, 0.717) is 17.0 Å². The van der Waals surface area contributed by atoms with Crippen molar-refractivity contribution in [3.8, 4) is 0 Å². The number of carbonyl (C=O) groups excluding carboxylic acids is 1. The fraction of sp³-hybridized carbons (Fsp3) is 0.545. The Kier molecular flexibility index (Phi) is 6.35. The van der Waals surface area contributed by atoms with Crippen LogP contribution in [0.25, 0.3) is 6.08 Å². The van der Waals surface area contributed by atoms with Gasteiger partial charge in [-0.25, -0.2) is 4.79 Å². The number of hydrogen-bond acceptors (Lipinski definition) is 4. The zero-order chi connectivity index (χ0) is 21.1. The maximum Gasteiger partial charge on any atom is 0.381 e. The highest BCUT2D eigenvalue weighted by molar-refractivity contribution is 5.84. The van der Waals surface area contributed by atoms with E-state index in [0.717, 1.165) is 32.1 Å². The summed E-state index contributed by atoms with van der Waals surface area (Å²) in [6.07, 6.45) is 7.93. The number of nitro groups is 1. The van der Waals surface area contributed by atoms with Crippen LogP contribution >= 0.6 is 0 Å². The Bertz CT molecular complexity index is 805. The highest BCUT2D eigenvalue weighted by Gasteiger charge is 2.48. The van der Waals surface area contributed by atoms with E-state index in [1.54, 1.807) is 30.3 Å². The maximum atomic E-state index is 13.6. The molecule has 3 rings (SSSR count). The zero-order valence-electron chi connectivity index (χ0n) is 16.9. The second kappa shape index (κ2) is 8.76. The van der Waals surface area contributed by atoms with Crippen molar-refractivity contribution < 1.29 is 19.6 Å². The van der Waals surface area contributed by atoms with Crippen molar-refractivity contribution in [3.63, 3.8) is 0 Å². The van der Waals surface area contributed by atoms with Crippen LogP contribution in [0.2, 0.25) is 0 Å². The largest absolute Gasteiger partial charge is 0.476 e. The number of amides is 1. The van der Waals surface area contributed by atoms with Crippen molar-refractivity contribution in [1.82, 2.24) is 4.90 Å². The van der Waals surface area contributed by atoms with Gasteiger partial charge in [-0.2, -0.15) is 0 Å². The van der Waals surface area contributed by atoms with Gasteiger partial charge in [0, 0.05) is 17.0 Å². The molecule has 1 aliphatic carbocycles. The van der Waals surface area contributed by atoms with Gasteiger partial charge in [0.2, 0.25) is 5.91 Å². The first-order valence-electron chi connectivity index (χ1n) is 10.3. The average molecular weight is 400 g/mol. The van der Waals surface area contributed by atoms with Crippen LogP contribution in [0.15, 0.2) is 30.5 Å². The van der Waals surface area contributed by atoms with Crippen LogP contribution in [0.1, 0.15) is 63.1 Å². The summed E-state index contributed by atoms with van der Waals surface area (Å²) in [5, 5.41) is 21.3. The average Bonchev–Trinajstić information content (AvgIpc) is 2.67. The molecule has 1 N–H and O–H groups in total. The molecule has 1 aromatic rings. The van der Waals surface area contributed by atoms with Crippen LogP contribution in [-0.2, 0) is 9.59 Å². The summed E-state index contributed by atoms with van der Waals surface area (Å²) in [5.74, 6) is -1.29. The number of rotatable bonds is 6. The van der Waals surface area contributed by atoms with E-state index in [2.05, 4.69) is 13.8 Å². The molecule has 1 aromatic carbocycles. The molecular formula is C22H28N2O5. The number of hydrogen-bond donors (Lipinski definition) is 1. The van der Waals surface area contributed by atoms with Crippen LogP contribution in [0, 0.1) is 27.9 Å². The second-order valence-electron chi connectivity index (χ2n) is 8.48. The third-order valence-electron chi connectivity index (χ3n) is 6.06. The molecule has 3 unspecified atom stereocenters. The van der Waals surface area contributed by atoms with Gasteiger partial charge in [-0.05, 0) is 48.3 Å². The fourth-order valence-corrected chi connectivity index (χ4v) is 4.82. The van der Waals surface area contributed by atoms with Crippen LogP contribution < -0.4 is 0 Å². The Morgan fingerprint density at radius 1 is 1.24 bits per heavy atom. The summed E-state index contributed by atoms with van der Waals surface area (Å²) >= 11 is 0. The smallest absolute Gasteiger partial charge is 0.381 e. The minimum absolute atomic E-state index is 0.195. The van der Waals surface area contributed by atoms with Crippen molar-refractivity contribution in [3.05, 3.63) is 51.7 Å². The van der Waals surface area contributed by atoms with Crippen molar-refractivity contribution in [2.24, 2.45) is 17.8 Å². The highest BCUT2D eigenvalue weighted by atomic mass is 16.6. The predicted octanol–water partition coefficient (Wildman–Crippen LogP) is 4.12. The van der Waals surface area contributed by atoms with Crippen molar-refractivity contribution in [2.75, 3.05) is 0 Å². The lowest BCUT2D eigenvalue weighted by Crippen LogP contribution is -2.49. The molecule has 0 spiro atoms. The summed E-state index contributed by atoms with van der Waals surface area (Å²) in [6.45, 7) is 4.26. The summed E-state index contributed by atoms with van der Waals surface area (Å²) in [6, 6.07) is 3.89. The number of carboxylic acids is 1. The molecule has 7 nitrogen and oxygen atoms in total. The highest BCUT2D eigenvalue weighted by Crippen LogP contribution is 2.40. The minimum Gasteiger partial charge on any atom is -0.476 e. The molecular weight excluding hydrogens is 372 g/mol. The lowest BCUT2D eigenvalue weighted by molar-refractivity contribution is -0.517. The number of nitrogens with zero attached hydrogens (tertiary/aromatic N) is 2. The number of fused-ring (bicyclic) bond motifs is 1. The molecule has 0 radical (unpaired) electrons. The van der Waals surface area contributed by atoms with Gasteiger partial charge in [0.25, 0.3) is 0 Å². The molecule has 1 heterocycles. The Hall–Kier alpha value is -2.70. The first kappa shape index (κ1) is 21.0. The van der Waals surface area contributed by atoms with E-state index >= 15 is 0 Å². The summed E-state index contributed by atoms with van der Waals surface area (Å²) < 4.78 is 0. The minimum atomic E-state index is -1.92. The Morgan fingerprint density at radius 2 is 1.93 bits per heavy atom. The Balaban J connectivity index is 2.00. The van der Waals surface area contributed by atoms with E-state index in [4.69, 9.17) is 0 Å². The van der Waals surface area contributed by atoms with Gasteiger partial charge in [-0.15, -0.1) is 0 Å². The van der Waals surface area contributed by atoms with E-state index in [1.807, 2.05) is 0 Å². The molecule has 1 fully saturated rings. The van der Waals surface area contributed by atoms with E-state index < -0.39 is 23.0 Å². The summed E-state index contributed by atoms with van der Waals surface area (Å²) in [4.78, 5) is 37.6. The quantitative estimate of drug-likeness (QED) is 0.572. The van der Waals surface area contributed by atoms with Gasteiger partial charge in [0.1, 0.15) is 6.04 Å². The first-order chi connectivity index (χ1) is 13.8. The van der Waals surface area contributed by atoms with E-state index in [1.165, 1.54) is 11.1 Å². The maximum absolute atomic E-state index is 13.6. The van der Waals surface area contributed by atoms with Gasteiger partial charge in [-0.1, -0.05) is 51.0 Å². The third kappa shape index (κ3) is 4.33. The molecule has 0 saturated heterocycles. The van der Waals surface area contributed by atoms with Gasteiger partial charge in [0.05, 0.1) is 0 Å². The predicted molar refractivity (Wildman–Crippen MR) is 108 cm³/mol. The zero-order valence-corrected chi connectivity index (χ0v) is 16.9. The molecule has 1 aliphatic heterocycles. The van der Waals surface area contributed by atoms with Crippen molar-refractivity contribution in [2.45, 2.75) is 58.0 Å². The van der Waals surface area contributed by atoms with Crippen molar-refractivity contribution in [1.29, 1.82) is 0 Å². The van der Waals surface area contributed by atoms with Gasteiger partial charge >= 0.3 is 12.0 Å². The molecule has 0 bridgehead atoms. The number of carboxylic acid groups (broad SMARTS) is 1. The summed E-state index contributed by atoms with van der Waals surface area (Å²) in [5.41, 5.74) is 1.21. The third-order valence-corrected chi connectivity index (χ3v) is 6.06. The van der Waals surface area contributed by atoms with Crippen LogP contribution in [0.3, 0.4) is 0 Å². The molecule has 29 heavy (non-hydrogen) atoms. The Morgan fingerprint density at radius 3 is 2.59 bits per heavy atom. The van der Waals surface area contributed by atoms with Crippen LogP contribution in [-0.4, -0.2) is 32.8 Å². The topological polar surface area (TPSA) is 101 Å². The molecule has 7 heteroatoms. The lowest BCUT2D eigenvalue weighted by atomic mass is 9.74. The summed E-state index contributed by atoms with van der Waals surface area (Å²) in [7, 11) is 0. The van der Waals surface area contributed by atoms with E-state index in [-0.39, 0.29) is 17.7 Å². The lowest BCUT2D eigenvalue weighted by Gasteiger charge is -2.39. The van der Waals surface area contributed by atoms with Gasteiger partial charge in [-0.3, -0.25) is 14.9 Å². The monoisotopic (exact) mass is 400 g/mol. The second-order valence-corrected chi connectivity index (χ2v) is 8.48. The molecule has 1 amide bonds. The number of carbonyl (C=O) groups is 2. The SMILES string of the molecule is CC(C)CC1CCCCC1C(=O)N1C=Cc2ccccc2[C@@H]1C(C(=O)O)[N+](=O)[O-]. The number of benzene rings is 1. The molecule has 0 aromatic heterocycles. The molecule has 2 aliphatic rings. The normalized spacial score (nSPS) is 24.8. The molecule has 156 valence electrons. The first-order valence-corrected chi connectivity index (χ1v) is 10.3.